The SMILES string of the molecule is C/C1=C\[C@@H](O)C(C)(C)CCCC2(C)OC2C[C@@H]1OC(=O)c1ccc(O)cc1. The predicted octanol–water partition coefficient (Wildman–Crippen LogP) is 3.98. The maximum Gasteiger partial charge on any atom is 0.338 e. The highest BCUT2D eigenvalue weighted by Gasteiger charge is 2.53. The molecule has 1 saturated heterocycles. The third kappa shape index (κ3) is 4.53. The van der Waals surface area contributed by atoms with Crippen LogP contribution in [0.15, 0.2) is 35.9 Å². The summed E-state index contributed by atoms with van der Waals surface area (Å²) >= 11 is 0. The van der Waals surface area contributed by atoms with Crippen molar-refractivity contribution in [3.63, 3.8) is 0 Å². The van der Waals surface area contributed by atoms with Crippen molar-refractivity contribution in [3.8, 4) is 5.75 Å². The second-order valence-corrected chi connectivity index (χ2v) is 8.79. The molecule has 1 heterocycles. The molecule has 5 heteroatoms. The smallest absolute Gasteiger partial charge is 0.338 e. The van der Waals surface area contributed by atoms with Gasteiger partial charge in [-0.3, -0.25) is 0 Å². The second kappa shape index (κ2) is 7.28. The van der Waals surface area contributed by atoms with E-state index in [0.29, 0.717) is 12.0 Å². The molecule has 1 aliphatic heterocycles. The highest BCUT2D eigenvalue weighted by Crippen LogP contribution is 2.46. The molecule has 2 aliphatic rings. The maximum absolute atomic E-state index is 12.6. The normalized spacial score (nSPS) is 35.1. The molecule has 0 radical (unpaired) electrons. The van der Waals surface area contributed by atoms with Crippen LogP contribution in [0.2, 0.25) is 0 Å². The number of aliphatic hydroxyl groups excluding tert-OH is 1. The highest BCUT2D eigenvalue weighted by molar-refractivity contribution is 5.89. The van der Waals surface area contributed by atoms with Crippen molar-refractivity contribution in [1.29, 1.82) is 0 Å². The fourth-order valence-electron chi connectivity index (χ4n) is 3.75. The first-order valence-electron chi connectivity index (χ1n) is 9.65. The van der Waals surface area contributed by atoms with Gasteiger partial charge in [0.2, 0.25) is 0 Å². The lowest BCUT2D eigenvalue weighted by atomic mass is 9.80. The number of phenols is 1. The molecule has 148 valence electrons. The first-order chi connectivity index (χ1) is 12.6. The van der Waals surface area contributed by atoms with Gasteiger partial charge in [-0.25, -0.2) is 4.79 Å². The number of rotatable bonds is 2. The van der Waals surface area contributed by atoms with E-state index in [-0.39, 0.29) is 22.9 Å². The van der Waals surface area contributed by atoms with Crippen molar-refractivity contribution in [2.75, 3.05) is 0 Å². The van der Waals surface area contributed by atoms with E-state index in [2.05, 4.69) is 20.8 Å². The first-order valence-corrected chi connectivity index (χ1v) is 9.65. The van der Waals surface area contributed by atoms with E-state index in [9.17, 15) is 15.0 Å². The molecule has 5 nitrogen and oxygen atoms in total. The predicted molar refractivity (Wildman–Crippen MR) is 103 cm³/mol. The summed E-state index contributed by atoms with van der Waals surface area (Å²) in [5.41, 5.74) is 0.796. The zero-order chi connectivity index (χ0) is 19.8. The molecule has 0 bridgehead atoms. The number of esters is 1. The molecular weight excluding hydrogens is 344 g/mol. The number of phenolic OH excluding ortho intramolecular Hbond substituents is 1. The second-order valence-electron chi connectivity index (χ2n) is 8.79. The Balaban J connectivity index is 1.82. The number of ether oxygens (including phenoxy) is 2. The number of carbonyl (C=O) groups is 1. The van der Waals surface area contributed by atoms with E-state index in [4.69, 9.17) is 9.47 Å². The van der Waals surface area contributed by atoms with Crippen molar-refractivity contribution in [2.45, 2.75) is 77.3 Å². The van der Waals surface area contributed by atoms with Crippen LogP contribution >= 0.6 is 0 Å². The Kier molecular flexibility index (Phi) is 5.37. The zero-order valence-electron chi connectivity index (χ0n) is 16.6. The van der Waals surface area contributed by atoms with Crippen LogP contribution in [0, 0.1) is 5.41 Å². The number of aromatic hydroxyl groups is 1. The van der Waals surface area contributed by atoms with Crippen molar-refractivity contribution >= 4 is 5.97 Å². The number of fused-ring (bicyclic) bond motifs is 1. The van der Waals surface area contributed by atoms with Gasteiger partial charge in [0.1, 0.15) is 11.9 Å². The Labute approximate surface area is 161 Å². The summed E-state index contributed by atoms with van der Waals surface area (Å²) in [7, 11) is 0. The average Bonchev–Trinajstić information content (AvgIpc) is 3.23. The van der Waals surface area contributed by atoms with E-state index in [0.717, 1.165) is 24.8 Å². The fourth-order valence-corrected chi connectivity index (χ4v) is 3.75. The van der Waals surface area contributed by atoms with Crippen molar-refractivity contribution in [2.24, 2.45) is 5.41 Å². The van der Waals surface area contributed by atoms with E-state index >= 15 is 0 Å². The lowest BCUT2D eigenvalue weighted by molar-refractivity contribution is 0.0333. The molecule has 1 aromatic carbocycles. The number of benzene rings is 1. The van der Waals surface area contributed by atoms with E-state index < -0.39 is 18.2 Å². The summed E-state index contributed by atoms with van der Waals surface area (Å²) in [6, 6.07) is 6.00. The van der Waals surface area contributed by atoms with Gasteiger partial charge < -0.3 is 19.7 Å². The largest absolute Gasteiger partial charge is 0.508 e. The van der Waals surface area contributed by atoms with Gasteiger partial charge in [-0.2, -0.15) is 0 Å². The number of hydrogen-bond donors (Lipinski definition) is 2. The summed E-state index contributed by atoms with van der Waals surface area (Å²) < 4.78 is 11.7. The Morgan fingerprint density at radius 1 is 1.19 bits per heavy atom. The van der Waals surface area contributed by atoms with Crippen LogP contribution in [-0.4, -0.2) is 40.1 Å². The molecule has 0 amide bonds. The Morgan fingerprint density at radius 3 is 2.52 bits per heavy atom. The van der Waals surface area contributed by atoms with Crippen LogP contribution in [0.4, 0.5) is 0 Å². The molecule has 2 N–H and O–H groups in total. The van der Waals surface area contributed by atoms with E-state index in [1.807, 2.05) is 13.0 Å². The van der Waals surface area contributed by atoms with Crippen molar-refractivity contribution < 1.29 is 24.5 Å². The van der Waals surface area contributed by atoms with Crippen LogP contribution in [0.5, 0.6) is 5.75 Å². The van der Waals surface area contributed by atoms with Gasteiger partial charge in [0.05, 0.1) is 23.4 Å². The molecule has 1 aliphatic carbocycles. The minimum Gasteiger partial charge on any atom is -0.508 e. The summed E-state index contributed by atoms with van der Waals surface area (Å²) in [4.78, 5) is 12.6. The number of carbonyl (C=O) groups excluding carboxylic acids is 1. The first kappa shape index (κ1) is 19.9. The molecule has 4 atom stereocenters. The van der Waals surface area contributed by atoms with Crippen LogP contribution in [0.3, 0.4) is 0 Å². The molecule has 1 aromatic rings. The lowest BCUT2D eigenvalue weighted by Gasteiger charge is -2.30. The summed E-state index contributed by atoms with van der Waals surface area (Å²) in [5.74, 6) is -0.344. The van der Waals surface area contributed by atoms with Gasteiger partial charge in [0.25, 0.3) is 0 Å². The van der Waals surface area contributed by atoms with Crippen LogP contribution in [-0.2, 0) is 9.47 Å². The van der Waals surface area contributed by atoms with Gasteiger partial charge in [-0.15, -0.1) is 0 Å². The zero-order valence-corrected chi connectivity index (χ0v) is 16.6. The Bertz CT molecular complexity index is 721. The number of epoxide rings is 1. The van der Waals surface area contributed by atoms with Crippen LogP contribution in [0.25, 0.3) is 0 Å². The molecule has 1 fully saturated rings. The molecule has 0 spiro atoms. The van der Waals surface area contributed by atoms with Crippen LogP contribution in [0.1, 0.15) is 63.7 Å². The third-order valence-corrected chi connectivity index (χ3v) is 6.04. The Hall–Kier alpha value is -1.85. The minimum absolute atomic E-state index is 0.0526. The van der Waals surface area contributed by atoms with Gasteiger partial charge in [-0.1, -0.05) is 19.9 Å². The molecule has 27 heavy (non-hydrogen) atoms. The van der Waals surface area contributed by atoms with Gasteiger partial charge in [-0.05, 0) is 68.4 Å². The fraction of sp³-hybridized carbons (Fsp3) is 0.591. The van der Waals surface area contributed by atoms with E-state index in [1.54, 1.807) is 0 Å². The van der Waals surface area contributed by atoms with E-state index in [1.165, 1.54) is 24.3 Å². The van der Waals surface area contributed by atoms with Crippen molar-refractivity contribution in [1.82, 2.24) is 0 Å². The molecule has 2 unspecified atom stereocenters. The molecule has 0 aromatic heterocycles. The molecule has 3 rings (SSSR count). The van der Waals surface area contributed by atoms with Gasteiger partial charge in [0, 0.05) is 6.42 Å². The molecular formula is C22H30O5. The quantitative estimate of drug-likeness (QED) is 0.465. The summed E-state index contributed by atoms with van der Waals surface area (Å²) in [6.07, 6.45) is 4.22. The molecule has 0 saturated carbocycles. The highest BCUT2D eigenvalue weighted by atomic mass is 16.6. The number of aliphatic hydroxyl groups is 1. The summed E-state index contributed by atoms with van der Waals surface area (Å²) in [5, 5.41) is 20.1. The van der Waals surface area contributed by atoms with Gasteiger partial charge >= 0.3 is 5.97 Å². The minimum atomic E-state index is -0.601. The monoisotopic (exact) mass is 374 g/mol. The maximum atomic E-state index is 12.6. The third-order valence-electron chi connectivity index (χ3n) is 6.04. The Morgan fingerprint density at radius 2 is 1.85 bits per heavy atom. The van der Waals surface area contributed by atoms with Crippen LogP contribution < -0.4 is 0 Å². The van der Waals surface area contributed by atoms with Crippen molar-refractivity contribution in [3.05, 3.63) is 41.5 Å². The standard InChI is InChI=1S/C22H30O5/c1-14-12-18(24)21(2,3)10-5-11-22(4)19(27-22)13-17(14)26-20(25)15-6-8-16(23)9-7-15/h6-9,12,17-19,23-24H,5,10-11,13H2,1-4H3/b14-12+/t17-,18+,19?,22?/m0/s1. The topological polar surface area (TPSA) is 79.3 Å². The average molecular weight is 374 g/mol. The van der Waals surface area contributed by atoms with Gasteiger partial charge in [0.15, 0.2) is 0 Å². The summed E-state index contributed by atoms with van der Waals surface area (Å²) in [6.45, 7) is 8.12. The number of hydrogen-bond acceptors (Lipinski definition) is 5. The lowest BCUT2D eigenvalue weighted by Crippen LogP contribution is -2.29.